The highest BCUT2D eigenvalue weighted by Crippen LogP contribution is 2.39. The first-order valence-corrected chi connectivity index (χ1v) is 24.5. The number of dihydropyridines is 1. The largest absolute Gasteiger partial charge is 0.462 e. The topological polar surface area (TPSA) is 68.5 Å². The smallest absolute Gasteiger partial charge is 0.336 e. The van der Waals surface area contributed by atoms with E-state index in [-0.39, 0.29) is 11.9 Å². The molecule has 0 bridgehead atoms. The Morgan fingerprint density at radius 1 is 0.509 bits per heavy atom. The van der Waals surface area contributed by atoms with E-state index in [0.29, 0.717) is 24.4 Å². The molecule has 0 radical (unpaired) electrons. The fourth-order valence-electron chi connectivity index (χ4n) is 8.34. The minimum Gasteiger partial charge on any atom is -0.462 e. The third-order valence-electron chi connectivity index (χ3n) is 11.9. The average Bonchev–Trinajstić information content (AvgIpc) is 3.20. The lowest BCUT2D eigenvalue weighted by molar-refractivity contribution is -0.697. The van der Waals surface area contributed by atoms with Crippen LogP contribution >= 0.6 is 0 Å². The Morgan fingerprint density at radius 3 is 1.21 bits per heavy atom. The number of aromatic nitrogens is 1. The van der Waals surface area contributed by atoms with Gasteiger partial charge in [-0.1, -0.05) is 194 Å². The third kappa shape index (κ3) is 22.9. The standard InChI is InChI=1S/C51H88N2O4/c1-6-9-12-15-18-20-22-24-26-29-32-35-41-56-50(54)47-44(4)52-45(5)48(51(55)57-42-36-33-30-27-25-23-21-19-16-13-10-7-2)49(47)46-38-37-40-53(43-46)39-34-31-28-17-14-11-8-3/h37-38,40,43,49H,6-36,39,41-42H2,1-5H3/p+1. The first-order valence-electron chi connectivity index (χ1n) is 24.5. The van der Waals surface area contributed by atoms with E-state index in [0.717, 1.165) is 55.6 Å². The molecule has 1 aromatic rings. The fourth-order valence-corrected chi connectivity index (χ4v) is 8.34. The van der Waals surface area contributed by atoms with Gasteiger partial charge < -0.3 is 14.8 Å². The summed E-state index contributed by atoms with van der Waals surface area (Å²) in [7, 11) is 0. The van der Waals surface area contributed by atoms with Crippen molar-refractivity contribution in [1.82, 2.24) is 5.32 Å². The Hall–Kier alpha value is -2.63. The number of esters is 2. The predicted molar refractivity (Wildman–Crippen MR) is 240 cm³/mol. The zero-order valence-corrected chi connectivity index (χ0v) is 38.0. The highest BCUT2D eigenvalue weighted by atomic mass is 16.5. The average molecular weight is 794 g/mol. The van der Waals surface area contributed by atoms with E-state index in [4.69, 9.17) is 9.47 Å². The third-order valence-corrected chi connectivity index (χ3v) is 11.9. The van der Waals surface area contributed by atoms with E-state index in [1.54, 1.807) is 0 Å². The highest BCUT2D eigenvalue weighted by molar-refractivity contribution is 5.99. The molecule has 57 heavy (non-hydrogen) atoms. The number of rotatable bonds is 37. The quantitative estimate of drug-likeness (QED) is 0.0413. The first kappa shape index (κ1) is 50.5. The number of aryl methyl sites for hydroxylation is 1. The Bertz CT molecular complexity index is 1190. The molecule has 1 aliphatic heterocycles. The van der Waals surface area contributed by atoms with Crippen LogP contribution in [-0.4, -0.2) is 25.2 Å². The zero-order chi connectivity index (χ0) is 41.2. The molecule has 0 spiro atoms. The summed E-state index contributed by atoms with van der Waals surface area (Å²) >= 11 is 0. The summed E-state index contributed by atoms with van der Waals surface area (Å²) in [5, 5.41) is 3.37. The maximum Gasteiger partial charge on any atom is 0.336 e. The van der Waals surface area contributed by atoms with Gasteiger partial charge in [0.05, 0.1) is 30.3 Å². The van der Waals surface area contributed by atoms with Gasteiger partial charge in [0.15, 0.2) is 12.4 Å². The molecule has 0 saturated carbocycles. The molecule has 1 aliphatic rings. The Kier molecular flexibility index (Phi) is 30.4. The number of hydrogen-bond donors (Lipinski definition) is 1. The van der Waals surface area contributed by atoms with Gasteiger partial charge in [0.25, 0.3) is 0 Å². The summed E-state index contributed by atoms with van der Waals surface area (Å²) in [4.78, 5) is 27.9. The number of unbranched alkanes of at least 4 members (excludes halogenated alkanes) is 28. The molecule has 0 unspecified atom stereocenters. The van der Waals surface area contributed by atoms with Crippen LogP contribution in [0.2, 0.25) is 0 Å². The molecule has 326 valence electrons. The molecule has 2 heterocycles. The van der Waals surface area contributed by atoms with Crippen LogP contribution in [-0.2, 0) is 25.6 Å². The molecule has 0 atom stereocenters. The van der Waals surface area contributed by atoms with Gasteiger partial charge in [-0.05, 0) is 39.2 Å². The van der Waals surface area contributed by atoms with Crippen molar-refractivity contribution in [2.24, 2.45) is 0 Å². The van der Waals surface area contributed by atoms with Gasteiger partial charge in [-0.25, -0.2) is 14.2 Å². The molecule has 1 aromatic heterocycles. The molecule has 6 nitrogen and oxygen atoms in total. The molecule has 2 rings (SSSR count). The molecule has 0 saturated heterocycles. The van der Waals surface area contributed by atoms with Crippen LogP contribution in [0.1, 0.15) is 245 Å². The summed E-state index contributed by atoms with van der Waals surface area (Å²) in [6.07, 6.45) is 43.3. The van der Waals surface area contributed by atoms with Crippen LogP contribution in [0.3, 0.4) is 0 Å². The van der Waals surface area contributed by atoms with E-state index < -0.39 is 5.92 Å². The van der Waals surface area contributed by atoms with Gasteiger partial charge in [0.2, 0.25) is 0 Å². The SMILES string of the molecule is CCCCCCCCCCCCCCOC(=O)C1=C(C)NC(C)=C(C(=O)OCCCCCCCCCCCCCC)C1c1ccc[n+](CCCCCCCCC)c1. The maximum atomic E-state index is 14.0. The summed E-state index contributed by atoms with van der Waals surface area (Å²) < 4.78 is 14.2. The lowest BCUT2D eigenvalue weighted by Crippen LogP contribution is -2.36. The molecule has 0 fully saturated rings. The molecule has 6 heteroatoms. The lowest BCUT2D eigenvalue weighted by Gasteiger charge is -2.30. The summed E-state index contributed by atoms with van der Waals surface area (Å²) in [6, 6.07) is 4.10. The number of pyridine rings is 1. The second kappa shape index (κ2) is 34.3. The Morgan fingerprint density at radius 2 is 0.842 bits per heavy atom. The second-order valence-corrected chi connectivity index (χ2v) is 17.2. The zero-order valence-electron chi connectivity index (χ0n) is 38.0. The van der Waals surface area contributed by atoms with E-state index in [9.17, 15) is 9.59 Å². The first-order chi connectivity index (χ1) is 27.9. The van der Waals surface area contributed by atoms with Crippen molar-refractivity contribution in [3.63, 3.8) is 0 Å². The minimum absolute atomic E-state index is 0.339. The van der Waals surface area contributed by atoms with Gasteiger partial charge in [-0.3, -0.25) is 0 Å². The van der Waals surface area contributed by atoms with E-state index in [1.165, 1.54) is 167 Å². The number of ether oxygens (including phenoxy) is 2. The van der Waals surface area contributed by atoms with Crippen molar-refractivity contribution in [2.45, 2.75) is 246 Å². The van der Waals surface area contributed by atoms with E-state index in [1.807, 2.05) is 19.9 Å². The summed E-state index contributed by atoms with van der Waals surface area (Å²) in [5.41, 5.74) is 3.46. The van der Waals surface area contributed by atoms with Gasteiger partial charge >= 0.3 is 11.9 Å². The Labute approximate surface area is 351 Å². The van der Waals surface area contributed by atoms with Gasteiger partial charge in [0.1, 0.15) is 6.54 Å². The molecular formula is C51H89N2O4+. The number of carbonyl (C=O) groups excluding carboxylic acids is 2. The summed E-state index contributed by atoms with van der Waals surface area (Å²) in [6.45, 7) is 12.4. The molecule has 0 amide bonds. The monoisotopic (exact) mass is 794 g/mol. The van der Waals surface area contributed by atoms with Crippen molar-refractivity contribution < 1.29 is 23.6 Å². The van der Waals surface area contributed by atoms with Gasteiger partial charge in [-0.2, -0.15) is 0 Å². The van der Waals surface area contributed by atoms with Crippen molar-refractivity contribution in [1.29, 1.82) is 0 Å². The van der Waals surface area contributed by atoms with Crippen molar-refractivity contribution in [3.8, 4) is 0 Å². The van der Waals surface area contributed by atoms with Crippen LogP contribution in [0.25, 0.3) is 0 Å². The van der Waals surface area contributed by atoms with E-state index in [2.05, 4.69) is 49.1 Å². The van der Waals surface area contributed by atoms with Crippen LogP contribution in [0.5, 0.6) is 0 Å². The second-order valence-electron chi connectivity index (χ2n) is 17.2. The van der Waals surface area contributed by atoms with Crippen LogP contribution in [0.15, 0.2) is 47.1 Å². The van der Waals surface area contributed by atoms with Gasteiger partial charge in [-0.15, -0.1) is 0 Å². The van der Waals surface area contributed by atoms with Crippen molar-refractivity contribution in [2.75, 3.05) is 13.2 Å². The maximum absolute atomic E-state index is 14.0. The number of nitrogens with zero attached hydrogens (tertiary/aromatic N) is 1. The highest BCUT2D eigenvalue weighted by Gasteiger charge is 2.39. The lowest BCUT2D eigenvalue weighted by atomic mass is 9.81. The number of nitrogens with one attached hydrogen (secondary N) is 1. The van der Waals surface area contributed by atoms with Crippen LogP contribution < -0.4 is 9.88 Å². The molecule has 1 N–H and O–H groups in total. The van der Waals surface area contributed by atoms with E-state index >= 15 is 0 Å². The summed E-state index contributed by atoms with van der Waals surface area (Å²) in [5.74, 6) is -1.22. The fraction of sp³-hybridized carbons (Fsp3) is 0.784. The molecule has 0 aliphatic carbocycles. The number of carbonyl (C=O) groups is 2. The number of hydrogen-bond acceptors (Lipinski definition) is 5. The minimum atomic E-state index is -0.545. The number of allylic oxidation sites excluding steroid dienone is 2. The van der Waals surface area contributed by atoms with Crippen LogP contribution in [0, 0.1) is 0 Å². The van der Waals surface area contributed by atoms with Crippen molar-refractivity contribution in [3.05, 3.63) is 52.6 Å². The van der Waals surface area contributed by atoms with Gasteiger partial charge in [0, 0.05) is 29.4 Å². The molecular weight excluding hydrogens is 705 g/mol. The molecule has 0 aromatic carbocycles. The predicted octanol–water partition coefficient (Wildman–Crippen LogP) is 14.4. The van der Waals surface area contributed by atoms with Crippen LogP contribution in [0.4, 0.5) is 0 Å². The van der Waals surface area contributed by atoms with Crippen molar-refractivity contribution >= 4 is 11.9 Å². The Balaban J connectivity index is 1.97. The normalized spacial score (nSPS) is 13.4.